The highest BCUT2D eigenvalue weighted by atomic mass is 31.2. The number of ether oxygens (including phenoxy) is 3. The third-order valence-corrected chi connectivity index (χ3v) is 10.2. The number of anilines is 2. The van der Waals surface area contributed by atoms with Gasteiger partial charge in [-0.2, -0.15) is 4.98 Å². The average Bonchev–Trinajstić information content (AvgIpc) is 3.90. The minimum absolute atomic E-state index is 0.0742. The first-order valence-electron chi connectivity index (χ1n) is 16.1. The Bertz CT molecular complexity index is 2330. The minimum atomic E-state index is -5.19. The Hall–Kier alpha value is -4.33. The third-order valence-electron chi connectivity index (χ3n) is 8.69. The van der Waals surface area contributed by atoms with E-state index in [9.17, 15) is 43.2 Å². The van der Waals surface area contributed by atoms with Gasteiger partial charge in [-0.3, -0.25) is 32.5 Å². The summed E-state index contributed by atoms with van der Waals surface area (Å²) in [6.07, 6.45) is -8.14. The van der Waals surface area contributed by atoms with E-state index < -0.39 is 89.3 Å². The number of rotatable bonds is 14. The number of imidazole rings is 2. The van der Waals surface area contributed by atoms with Gasteiger partial charge in [0.25, 0.3) is 5.56 Å². The molecule has 5 unspecified atom stereocenters. The van der Waals surface area contributed by atoms with Crippen molar-refractivity contribution in [1.29, 1.82) is 0 Å². The number of methoxy groups -OCH3 is 1. The van der Waals surface area contributed by atoms with Crippen LogP contribution in [-0.4, -0.2) is 121 Å². The number of H-pyrrole nitrogens is 1. The van der Waals surface area contributed by atoms with Gasteiger partial charge in [-0.1, -0.05) is 12.1 Å². The van der Waals surface area contributed by atoms with Gasteiger partial charge in [-0.15, -0.1) is 0 Å². The van der Waals surface area contributed by atoms with Crippen molar-refractivity contribution in [2.45, 2.75) is 55.6 Å². The molecule has 0 aliphatic carbocycles. The molecular weight excluding hydrogens is 781 g/mol. The van der Waals surface area contributed by atoms with Crippen LogP contribution in [0.15, 0.2) is 48.0 Å². The molecular formula is C28H33FN10O14P2. The quantitative estimate of drug-likeness (QED) is 0.0651. The Morgan fingerprint density at radius 1 is 0.909 bits per heavy atom. The van der Waals surface area contributed by atoms with E-state index in [1.54, 1.807) is 12.1 Å². The van der Waals surface area contributed by atoms with E-state index in [1.807, 2.05) is 0 Å². The summed E-state index contributed by atoms with van der Waals surface area (Å²) in [5, 5.41) is 24.6. The number of hydrogen-bond donors (Lipinski definition) is 8. The summed E-state index contributed by atoms with van der Waals surface area (Å²) in [6.45, 7) is -1.43. The monoisotopic (exact) mass is 814 g/mol. The largest absolute Gasteiger partial charge is 0.472 e. The highest BCUT2D eigenvalue weighted by Gasteiger charge is 2.52. The first-order valence-corrected chi connectivity index (χ1v) is 19.1. The van der Waals surface area contributed by atoms with Crippen LogP contribution in [0.4, 0.5) is 16.2 Å². The number of aromatic amines is 1. The zero-order valence-corrected chi connectivity index (χ0v) is 30.0. The predicted octanol–water partition coefficient (Wildman–Crippen LogP) is -0.564. The minimum Gasteiger partial charge on any atom is -0.387 e. The number of halogens is 1. The lowest BCUT2D eigenvalue weighted by atomic mass is 10.1. The summed E-state index contributed by atoms with van der Waals surface area (Å²) in [7, 11) is -9.05. The van der Waals surface area contributed by atoms with Crippen molar-refractivity contribution in [2.75, 3.05) is 31.4 Å². The molecule has 5 aromatic rings. The fourth-order valence-corrected chi connectivity index (χ4v) is 7.45. The van der Waals surface area contributed by atoms with Crippen molar-refractivity contribution < 1.29 is 66.2 Å². The molecule has 9 atom stereocenters. The zero-order chi connectivity index (χ0) is 39.2. The van der Waals surface area contributed by atoms with Gasteiger partial charge in [-0.05, 0) is 17.7 Å². The molecule has 2 aliphatic rings. The molecule has 0 amide bonds. The van der Waals surface area contributed by atoms with Gasteiger partial charge in [0.1, 0.15) is 48.8 Å². The van der Waals surface area contributed by atoms with Crippen LogP contribution in [0.2, 0.25) is 0 Å². The molecule has 7 rings (SSSR count). The smallest absolute Gasteiger partial charge is 0.387 e. The van der Waals surface area contributed by atoms with Crippen molar-refractivity contribution in [3.05, 3.63) is 65.0 Å². The molecule has 1 aromatic carbocycles. The summed E-state index contributed by atoms with van der Waals surface area (Å²) in [6, 6.07) is 5.79. The van der Waals surface area contributed by atoms with Gasteiger partial charge in [0.2, 0.25) is 5.95 Å². The molecule has 0 saturated carbocycles. The summed E-state index contributed by atoms with van der Waals surface area (Å²) in [5.74, 6) is -0.356. The number of nitrogens with two attached hydrogens (primary N) is 1. The lowest BCUT2D eigenvalue weighted by molar-refractivity contribution is -0.0582. The van der Waals surface area contributed by atoms with Crippen LogP contribution in [0, 0.1) is 5.82 Å². The Morgan fingerprint density at radius 2 is 1.58 bits per heavy atom. The van der Waals surface area contributed by atoms with E-state index in [-0.39, 0.29) is 34.8 Å². The molecule has 2 saturated heterocycles. The first kappa shape index (κ1) is 38.9. The number of aromatic nitrogens is 8. The van der Waals surface area contributed by atoms with Crippen molar-refractivity contribution in [1.82, 2.24) is 39.0 Å². The summed E-state index contributed by atoms with van der Waals surface area (Å²) in [5.41, 5.74) is 5.95. The average molecular weight is 815 g/mol. The van der Waals surface area contributed by atoms with Gasteiger partial charge in [0, 0.05) is 13.7 Å². The molecule has 27 heteroatoms. The molecule has 2 fully saturated rings. The molecule has 0 bridgehead atoms. The molecule has 55 heavy (non-hydrogen) atoms. The lowest BCUT2D eigenvalue weighted by Crippen LogP contribution is -2.38. The summed E-state index contributed by atoms with van der Waals surface area (Å²) < 4.78 is 73.5. The van der Waals surface area contributed by atoms with E-state index in [0.29, 0.717) is 5.82 Å². The number of nitrogens with zero attached hydrogens (tertiary/aromatic N) is 7. The number of aliphatic hydroxyl groups is 2. The van der Waals surface area contributed by atoms with E-state index in [2.05, 4.69) is 39.7 Å². The van der Waals surface area contributed by atoms with Crippen molar-refractivity contribution >= 4 is 49.7 Å². The number of phosphoric acid groups is 2. The van der Waals surface area contributed by atoms with E-state index in [1.165, 1.54) is 36.5 Å². The second kappa shape index (κ2) is 15.3. The van der Waals surface area contributed by atoms with Crippen molar-refractivity contribution in [3.63, 3.8) is 0 Å². The second-order valence-corrected chi connectivity index (χ2v) is 14.9. The molecule has 24 nitrogen and oxygen atoms in total. The maximum absolute atomic E-state index is 13.4. The Kier molecular flexibility index (Phi) is 10.8. The number of phosphoric ester groups is 2. The lowest BCUT2D eigenvalue weighted by Gasteiger charge is -2.26. The Labute approximate surface area is 306 Å². The highest BCUT2D eigenvalue weighted by Crippen LogP contribution is 2.50. The van der Waals surface area contributed by atoms with Crippen LogP contribution in [-0.2, 0) is 43.5 Å². The van der Waals surface area contributed by atoms with Gasteiger partial charge >= 0.3 is 15.6 Å². The fourth-order valence-electron chi connectivity index (χ4n) is 6.15. The third kappa shape index (κ3) is 8.15. The fraction of sp³-hybridized carbons (Fsp3) is 0.429. The standard InChI is InChI=1S/C28H33FN10O14P2/c1-48-21-20(53-55(46,47)50-7-14-18(40)19(41)26(51-14)39-11-35-17-24(39)36-28(30)37-25(17)42)15(8-49-54(43,44)45)52-27(21)38-10-34-16-22(32-9-33-23(16)38)31-6-12-2-4-13(29)5-3-12/h2-5,9-11,14-15,18-21,26-27,40-41H,6-8H2,1H3,(H,46,47)(H,31,32,33)(H2,43,44,45)(H3,30,36,37,42)/t14-,15-,18?,19?,20?,21?,26-,27-/m1/s1. The van der Waals surface area contributed by atoms with E-state index in [4.69, 9.17) is 29.0 Å². The van der Waals surface area contributed by atoms with E-state index >= 15 is 0 Å². The number of nitrogens with one attached hydrogen (secondary N) is 2. The molecule has 6 heterocycles. The molecule has 0 spiro atoms. The second-order valence-electron chi connectivity index (χ2n) is 12.2. The number of aliphatic hydroxyl groups excluding tert-OH is 2. The summed E-state index contributed by atoms with van der Waals surface area (Å²) in [4.78, 5) is 64.9. The van der Waals surface area contributed by atoms with Crippen LogP contribution in [0.5, 0.6) is 0 Å². The predicted molar refractivity (Wildman–Crippen MR) is 181 cm³/mol. The number of nitrogen functional groups attached to an aromatic ring is 1. The van der Waals surface area contributed by atoms with Gasteiger partial charge in [-0.25, -0.2) is 33.5 Å². The maximum Gasteiger partial charge on any atom is 0.472 e. The summed E-state index contributed by atoms with van der Waals surface area (Å²) >= 11 is 0. The van der Waals surface area contributed by atoms with Crippen LogP contribution < -0.4 is 16.6 Å². The molecule has 0 radical (unpaired) electrons. The van der Waals surface area contributed by atoms with Crippen molar-refractivity contribution in [2.24, 2.45) is 0 Å². The number of fused-ring (bicyclic) bond motifs is 2. The normalized spacial score (nSPS) is 26.9. The topological polar surface area (TPSA) is 336 Å². The van der Waals surface area contributed by atoms with Crippen LogP contribution in [0.1, 0.15) is 18.0 Å². The van der Waals surface area contributed by atoms with Gasteiger partial charge < -0.3 is 50.2 Å². The van der Waals surface area contributed by atoms with Gasteiger partial charge in [0.05, 0.1) is 25.9 Å². The molecule has 4 aromatic heterocycles. The first-order chi connectivity index (χ1) is 26.1. The maximum atomic E-state index is 13.4. The number of benzene rings is 1. The molecule has 296 valence electrons. The molecule has 2 aliphatic heterocycles. The Balaban J connectivity index is 1.08. The van der Waals surface area contributed by atoms with Gasteiger partial charge in [0.15, 0.2) is 40.6 Å². The van der Waals surface area contributed by atoms with Crippen LogP contribution in [0.3, 0.4) is 0 Å². The van der Waals surface area contributed by atoms with Crippen molar-refractivity contribution in [3.8, 4) is 0 Å². The highest BCUT2D eigenvalue weighted by molar-refractivity contribution is 7.47. The number of hydrogen-bond acceptors (Lipinski definition) is 18. The Morgan fingerprint density at radius 3 is 2.29 bits per heavy atom. The van der Waals surface area contributed by atoms with E-state index in [0.717, 1.165) is 16.5 Å². The molecule has 9 N–H and O–H groups in total. The van der Waals surface area contributed by atoms with Crippen LogP contribution >= 0.6 is 15.6 Å². The zero-order valence-electron chi connectivity index (χ0n) is 28.2. The SMILES string of the molecule is COC1C(OP(=O)(O)OC[C@H]2O[C@@H](n3cnc4c(=O)[nH]c(N)nc43)C(O)C2O)[C@@H](COP(=O)(O)O)O[C@H]1n1cnc2c(NCc3ccc(F)cc3)ncnc21. The van der Waals surface area contributed by atoms with Crippen LogP contribution in [0.25, 0.3) is 22.3 Å².